The lowest BCUT2D eigenvalue weighted by Gasteiger charge is -2.06. The standard InChI is InChI=1S/C6H13NO2/c1-5(9)6(4-7)2-3-8/h6,8H,2-4,7H2,1H3. The van der Waals surface area contributed by atoms with Crippen molar-refractivity contribution in [3.05, 3.63) is 0 Å². The van der Waals surface area contributed by atoms with Crippen LogP contribution in [0, 0.1) is 5.92 Å². The van der Waals surface area contributed by atoms with Gasteiger partial charge in [-0.15, -0.1) is 0 Å². The Kier molecular flexibility index (Phi) is 4.26. The smallest absolute Gasteiger partial charge is 0.134 e. The fraction of sp³-hybridized carbons (Fsp3) is 0.833. The predicted molar refractivity (Wildman–Crippen MR) is 34.9 cm³/mol. The van der Waals surface area contributed by atoms with Crippen LogP contribution in [0.2, 0.25) is 0 Å². The quantitative estimate of drug-likeness (QED) is 0.542. The van der Waals surface area contributed by atoms with Crippen molar-refractivity contribution in [3.8, 4) is 0 Å². The summed E-state index contributed by atoms with van der Waals surface area (Å²) in [5.74, 6) is -0.0819. The SMILES string of the molecule is CC(=O)C(CN)CCO. The summed E-state index contributed by atoms with van der Waals surface area (Å²) < 4.78 is 0. The first-order valence-corrected chi connectivity index (χ1v) is 3.03. The lowest BCUT2D eigenvalue weighted by atomic mass is 10.0. The number of nitrogens with two attached hydrogens (primary N) is 1. The summed E-state index contributed by atoms with van der Waals surface area (Å²) in [6.45, 7) is 1.88. The molecule has 1 atom stereocenters. The molecule has 0 saturated carbocycles. The Morgan fingerprint density at radius 1 is 1.78 bits per heavy atom. The monoisotopic (exact) mass is 131 g/mol. The number of rotatable bonds is 4. The Morgan fingerprint density at radius 2 is 2.33 bits per heavy atom. The third-order valence-corrected chi connectivity index (χ3v) is 1.34. The van der Waals surface area contributed by atoms with Crippen molar-refractivity contribution in [3.63, 3.8) is 0 Å². The molecule has 3 N–H and O–H groups in total. The molecule has 0 aromatic rings. The Bertz CT molecular complexity index is 93.1. The van der Waals surface area contributed by atoms with Crippen LogP contribution >= 0.6 is 0 Å². The van der Waals surface area contributed by atoms with Gasteiger partial charge in [0.1, 0.15) is 5.78 Å². The molecule has 0 aliphatic carbocycles. The maximum Gasteiger partial charge on any atom is 0.134 e. The summed E-state index contributed by atoms with van der Waals surface area (Å²) in [4.78, 5) is 10.6. The van der Waals surface area contributed by atoms with Gasteiger partial charge in [0.15, 0.2) is 0 Å². The minimum absolute atomic E-state index is 0.0431. The van der Waals surface area contributed by atoms with Crippen molar-refractivity contribution >= 4 is 5.78 Å². The van der Waals surface area contributed by atoms with Crippen molar-refractivity contribution in [2.24, 2.45) is 11.7 Å². The number of ketones is 1. The van der Waals surface area contributed by atoms with Crippen LogP contribution in [0.15, 0.2) is 0 Å². The second kappa shape index (κ2) is 4.47. The van der Waals surface area contributed by atoms with Crippen molar-refractivity contribution < 1.29 is 9.90 Å². The first-order chi connectivity index (χ1) is 4.22. The fourth-order valence-electron chi connectivity index (χ4n) is 0.643. The van der Waals surface area contributed by atoms with Gasteiger partial charge in [-0.1, -0.05) is 0 Å². The summed E-state index contributed by atoms with van der Waals surface area (Å²) in [5, 5.41) is 8.41. The zero-order valence-corrected chi connectivity index (χ0v) is 5.63. The molecule has 0 heterocycles. The fourth-order valence-corrected chi connectivity index (χ4v) is 0.643. The molecule has 9 heavy (non-hydrogen) atoms. The van der Waals surface area contributed by atoms with Crippen LogP contribution in [0.3, 0.4) is 0 Å². The van der Waals surface area contributed by atoms with Gasteiger partial charge in [-0.05, 0) is 13.3 Å². The van der Waals surface area contributed by atoms with E-state index in [0.29, 0.717) is 13.0 Å². The number of Topliss-reactive ketones (excluding diaryl/α,β-unsaturated/α-hetero) is 1. The Labute approximate surface area is 54.9 Å². The van der Waals surface area contributed by atoms with Crippen LogP contribution in [-0.4, -0.2) is 24.0 Å². The molecule has 0 aliphatic heterocycles. The highest BCUT2D eigenvalue weighted by Gasteiger charge is 2.09. The molecule has 0 radical (unpaired) electrons. The van der Waals surface area contributed by atoms with Gasteiger partial charge in [0.25, 0.3) is 0 Å². The van der Waals surface area contributed by atoms with E-state index < -0.39 is 0 Å². The van der Waals surface area contributed by atoms with E-state index in [0.717, 1.165) is 0 Å². The largest absolute Gasteiger partial charge is 0.396 e. The van der Waals surface area contributed by atoms with E-state index >= 15 is 0 Å². The highest BCUT2D eigenvalue weighted by Crippen LogP contribution is 1.99. The topological polar surface area (TPSA) is 63.3 Å². The van der Waals surface area contributed by atoms with Gasteiger partial charge in [0.2, 0.25) is 0 Å². The highest BCUT2D eigenvalue weighted by molar-refractivity contribution is 5.78. The zero-order chi connectivity index (χ0) is 7.28. The number of carbonyl (C=O) groups excluding carboxylic acids is 1. The predicted octanol–water partition coefficient (Wildman–Crippen LogP) is -0.467. The average Bonchev–Trinajstić information content (AvgIpc) is 1.82. The van der Waals surface area contributed by atoms with Gasteiger partial charge in [-0.3, -0.25) is 4.79 Å². The molecule has 0 aromatic heterocycles. The molecule has 54 valence electrons. The van der Waals surface area contributed by atoms with Crippen molar-refractivity contribution in [2.45, 2.75) is 13.3 Å². The summed E-state index contributed by atoms with van der Waals surface area (Å²) in [6, 6.07) is 0. The van der Waals surface area contributed by atoms with E-state index in [1.807, 2.05) is 0 Å². The molecule has 0 aromatic carbocycles. The van der Waals surface area contributed by atoms with E-state index in [1.165, 1.54) is 6.92 Å². The molecule has 0 rings (SSSR count). The van der Waals surface area contributed by atoms with E-state index in [-0.39, 0.29) is 18.3 Å². The lowest BCUT2D eigenvalue weighted by Crippen LogP contribution is -2.22. The zero-order valence-electron chi connectivity index (χ0n) is 5.63. The number of carbonyl (C=O) groups is 1. The van der Waals surface area contributed by atoms with Crippen molar-refractivity contribution in [2.75, 3.05) is 13.2 Å². The normalized spacial score (nSPS) is 13.2. The third-order valence-electron chi connectivity index (χ3n) is 1.34. The van der Waals surface area contributed by atoms with Gasteiger partial charge in [0, 0.05) is 19.1 Å². The number of hydrogen-bond acceptors (Lipinski definition) is 3. The van der Waals surface area contributed by atoms with Crippen molar-refractivity contribution in [1.82, 2.24) is 0 Å². The number of aliphatic hydroxyl groups is 1. The van der Waals surface area contributed by atoms with Crippen LogP contribution in [0.5, 0.6) is 0 Å². The average molecular weight is 131 g/mol. The second-order valence-electron chi connectivity index (χ2n) is 2.06. The summed E-state index contributed by atoms with van der Waals surface area (Å²) >= 11 is 0. The molecular formula is C6H13NO2. The highest BCUT2D eigenvalue weighted by atomic mass is 16.3. The molecule has 0 bridgehead atoms. The van der Waals surface area contributed by atoms with Crippen molar-refractivity contribution in [1.29, 1.82) is 0 Å². The molecule has 0 saturated heterocycles. The Hall–Kier alpha value is -0.410. The maximum absolute atomic E-state index is 10.6. The van der Waals surface area contributed by atoms with Gasteiger partial charge in [-0.2, -0.15) is 0 Å². The molecule has 3 nitrogen and oxygen atoms in total. The molecule has 0 aliphatic rings. The molecule has 0 fully saturated rings. The molecule has 3 heteroatoms. The van der Waals surface area contributed by atoms with Crippen LogP contribution < -0.4 is 5.73 Å². The van der Waals surface area contributed by atoms with Gasteiger partial charge < -0.3 is 10.8 Å². The molecule has 1 unspecified atom stereocenters. The molecule has 0 amide bonds. The third kappa shape index (κ3) is 3.21. The first kappa shape index (κ1) is 8.59. The van der Waals surface area contributed by atoms with E-state index in [2.05, 4.69) is 0 Å². The van der Waals surface area contributed by atoms with E-state index in [9.17, 15) is 4.79 Å². The number of hydrogen-bond donors (Lipinski definition) is 2. The first-order valence-electron chi connectivity index (χ1n) is 3.03. The minimum Gasteiger partial charge on any atom is -0.396 e. The van der Waals surface area contributed by atoms with Crippen LogP contribution in [0.25, 0.3) is 0 Å². The lowest BCUT2D eigenvalue weighted by molar-refractivity contribution is -0.120. The summed E-state index contributed by atoms with van der Waals surface area (Å²) in [7, 11) is 0. The maximum atomic E-state index is 10.6. The van der Waals surface area contributed by atoms with E-state index in [4.69, 9.17) is 10.8 Å². The van der Waals surface area contributed by atoms with Crippen LogP contribution in [-0.2, 0) is 4.79 Å². The summed E-state index contributed by atoms with van der Waals surface area (Å²) in [5.41, 5.74) is 5.23. The van der Waals surface area contributed by atoms with Crippen LogP contribution in [0.4, 0.5) is 0 Å². The van der Waals surface area contributed by atoms with Gasteiger partial charge in [-0.25, -0.2) is 0 Å². The Morgan fingerprint density at radius 3 is 2.44 bits per heavy atom. The molecular weight excluding hydrogens is 118 g/mol. The Balaban J connectivity index is 3.54. The minimum atomic E-state index is -0.144. The van der Waals surface area contributed by atoms with Crippen LogP contribution in [0.1, 0.15) is 13.3 Å². The summed E-state index contributed by atoms with van der Waals surface area (Å²) in [6.07, 6.45) is 0.492. The second-order valence-corrected chi connectivity index (χ2v) is 2.06. The number of aliphatic hydroxyl groups excluding tert-OH is 1. The molecule has 0 spiro atoms. The van der Waals surface area contributed by atoms with Gasteiger partial charge in [0.05, 0.1) is 0 Å². The van der Waals surface area contributed by atoms with E-state index in [1.54, 1.807) is 0 Å². The van der Waals surface area contributed by atoms with Gasteiger partial charge >= 0.3 is 0 Å².